The van der Waals surface area contributed by atoms with Crippen LogP contribution in [0.15, 0.2) is 65.1 Å². The number of carbonyl (C=O) groups is 2. The molecule has 2 aromatic carbocycles. The molecule has 2 heterocycles. The fourth-order valence-electron chi connectivity index (χ4n) is 3.93. The van der Waals surface area contributed by atoms with E-state index in [1.54, 1.807) is 4.90 Å². The fraction of sp³-hybridized carbons (Fsp3) is 0.333. The minimum Gasteiger partial charge on any atom is -0.459 e. The summed E-state index contributed by atoms with van der Waals surface area (Å²) in [6, 6.07) is 19.2. The molecule has 0 unspecified atom stereocenters. The maximum Gasteiger partial charge on any atom is 0.226 e. The molecule has 1 saturated heterocycles. The Kier molecular flexibility index (Phi) is 5.38. The third-order valence-corrected chi connectivity index (χ3v) is 5.32. The first-order valence-electron chi connectivity index (χ1n) is 10.1. The van der Waals surface area contributed by atoms with Crippen molar-refractivity contribution in [2.24, 2.45) is 11.8 Å². The molecular weight excluding hydrogens is 364 g/mol. The molecule has 3 aromatic rings. The summed E-state index contributed by atoms with van der Waals surface area (Å²) in [5, 5.41) is 4.13. The maximum atomic E-state index is 13.1. The standard InChI is InChI=1S/C24H26N2O3/c1-16(2)14-26-15-19(13-22(26)27)24(28)25-23(17-8-4-3-5-9-17)21-12-18-10-6-7-11-20(18)29-21/h3-12,16,19,23H,13-15H2,1-2H3,(H,25,28)/t19-,23-/m0/s1. The summed E-state index contributed by atoms with van der Waals surface area (Å²) in [5.41, 5.74) is 1.74. The Morgan fingerprint density at radius 3 is 2.59 bits per heavy atom. The normalized spacial score (nSPS) is 17.8. The minimum atomic E-state index is -0.398. The number of hydrogen-bond acceptors (Lipinski definition) is 3. The van der Waals surface area contributed by atoms with Crippen LogP contribution in [-0.2, 0) is 9.59 Å². The van der Waals surface area contributed by atoms with Crippen molar-refractivity contribution in [2.45, 2.75) is 26.3 Å². The SMILES string of the molecule is CC(C)CN1C[C@@H](C(=O)N[C@@H](c2ccccc2)c2cc3ccccc3o2)CC1=O. The van der Waals surface area contributed by atoms with E-state index in [9.17, 15) is 9.59 Å². The first kappa shape index (κ1) is 19.2. The van der Waals surface area contributed by atoms with Gasteiger partial charge in [-0.25, -0.2) is 0 Å². The van der Waals surface area contributed by atoms with Gasteiger partial charge < -0.3 is 14.6 Å². The minimum absolute atomic E-state index is 0.0545. The Morgan fingerprint density at radius 1 is 1.14 bits per heavy atom. The molecule has 2 atom stereocenters. The maximum absolute atomic E-state index is 13.1. The fourth-order valence-corrected chi connectivity index (χ4v) is 3.93. The average Bonchev–Trinajstić information content (AvgIpc) is 3.30. The van der Waals surface area contributed by atoms with E-state index in [0.29, 0.717) is 24.8 Å². The number of nitrogens with one attached hydrogen (secondary N) is 1. The summed E-state index contributed by atoms with van der Waals surface area (Å²) < 4.78 is 6.05. The Morgan fingerprint density at radius 2 is 1.86 bits per heavy atom. The van der Waals surface area contributed by atoms with Crippen LogP contribution < -0.4 is 5.32 Å². The van der Waals surface area contributed by atoms with Crippen molar-refractivity contribution in [3.05, 3.63) is 72.0 Å². The number of hydrogen-bond donors (Lipinski definition) is 1. The summed E-state index contributed by atoms with van der Waals surface area (Å²) in [6.07, 6.45) is 0.264. The van der Waals surface area contributed by atoms with Crippen molar-refractivity contribution in [1.82, 2.24) is 10.2 Å². The third kappa shape index (κ3) is 4.19. The van der Waals surface area contributed by atoms with Crippen LogP contribution in [0.4, 0.5) is 0 Å². The van der Waals surface area contributed by atoms with Crippen molar-refractivity contribution in [3.8, 4) is 0 Å². The average molecular weight is 390 g/mol. The van der Waals surface area contributed by atoms with Crippen LogP contribution in [0.3, 0.4) is 0 Å². The van der Waals surface area contributed by atoms with E-state index < -0.39 is 6.04 Å². The van der Waals surface area contributed by atoms with Crippen LogP contribution in [0.5, 0.6) is 0 Å². The van der Waals surface area contributed by atoms with Crippen molar-refractivity contribution in [1.29, 1.82) is 0 Å². The summed E-state index contributed by atoms with van der Waals surface area (Å²) in [5.74, 6) is 0.678. The second kappa shape index (κ2) is 8.11. The lowest BCUT2D eigenvalue weighted by Crippen LogP contribution is -2.36. The van der Waals surface area contributed by atoms with Gasteiger partial charge >= 0.3 is 0 Å². The first-order valence-corrected chi connectivity index (χ1v) is 10.1. The molecule has 1 aliphatic rings. The van der Waals surface area contributed by atoms with E-state index in [1.165, 1.54) is 0 Å². The lowest BCUT2D eigenvalue weighted by atomic mass is 10.0. The second-order valence-electron chi connectivity index (χ2n) is 8.13. The molecule has 2 amide bonds. The van der Waals surface area contributed by atoms with Gasteiger partial charge in [-0.15, -0.1) is 0 Å². The van der Waals surface area contributed by atoms with Gasteiger partial charge in [0.05, 0.1) is 5.92 Å². The number of fused-ring (bicyclic) bond motifs is 1. The van der Waals surface area contributed by atoms with Crippen molar-refractivity contribution >= 4 is 22.8 Å². The van der Waals surface area contributed by atoms with E-state index in [1.807, 2.05) is 60.7 Å². The largest absolute Gasteiger partial charge is 0.459 e. The van der Waals surface area contributed by atoms with E-state index >= 15 is 0 Å². The number of rotatable bonds is 6. The van der Waals surface area contributed by atoms with E-state index in [4.69, 9.17) is 4.42 Å². The predicted octanol–water partition coefficient (Wildman–Crippen LogP) is 4.14. The van der Waals surface area contributed by atoms with Crippen molar-refractivity contribution < 1.29 is 14.0 Å². The zero-order valence-corrected chi connectivity index (χ0v) is 16.8. The summed E-state index contributed by atoms with van der Waals surface area (Å²) in [6.45, 7) is 5.32. The van der Waals surface area contributed by atoms with Crippen LogP contribution in [-0.4, -0.2) is 29.8 Å². The molecule has 0 saturated carbocycles. The van der Waals surface area contributed by atoms with E-state index in [2.05, 4.69) is 19.2 Å². The summed E-state index contributed by atoms with van der Waals surface area (Å²) >= 11 is 0. The highest BCUT2D eigenvalue weighted by Gasteiger charge is 2.35. The Bertz CT molecular complexity index is 976. The molecule has 1 fully saturated rings. The molecule has 0 radical (unpaired) electrons. The highest BCUT2D eigenvalue weighted by Crippen LogP contribution is 2.29. The molecule has 0 bridgehead atoms. The molecule has 1 aliphatic heterocycles. The third-order valence-electron chi connectivity index (χ3n) is 5.32. The number of benzene rings is 2. The van der Waals surface area contributed by atoms with Crippen molar-refractivity contribution in [2.75, 3.05) is 13.1 Å². The monoisotopic (exact) mass is 390 g/mol. The van der Waals surface area contributed by atoms with Gasteiger partial charge in [0.25, 0.3) is 0 Å². The number of amides is 2. The first-order chi connectivity index (χ1) is 14.0. The van der Waals surface area contributed by atoms with Gasteiger partial charge in [-0.3, -0.25) is 9.59 Å². The van der Waals surface area contributed by atoms with Crippen LogP contribution in [0.1, 0.15) is 37.6 Å². The van der Waals surface area contributed by atoms with Gasteiger partial charge in [0.15, 0.2) is 0 Å². The van der Waals surface area contributed by atoms with Crippen LogP contribution >= 0.6 is 0 Å². The molecule has 4 rings (SSSR count). The molecule has 5 nitrogen and oxygen atoms in total. The predicted molar refractivity (Wildman–Crippen MR) is 112 cm³/mol. The van der Waals surface area contributed by atoms with E-state index in [-0.39, 0.29) is 24.2 Å². The summed E-state index contributed by atoms with van der Waals surface area (Å²) in [7, 11) is 0. The van der Waals surface area contributed by atoms with Gasteiger partial charge in [0.1, 0.15) is 17.4 Å². The summed E-state index contributed by atoms with van der Waals surface area (Å²) in [4.78, 5) is 27.2. The van der Waals surface area contributed by atoms with Gasteiger partial charge in [-0.05, 0) is 23.6 Å². The number of furan rings is 1. The number of likely N-dealkylation sites (tertiary alicyclic amines) is 1. The molecule has 1 aromatic heterocycles. The molecular formula is C24H26N2O3. The zero-order valence-electron chi connectivity index (χ0n) is 16.8. The van der Waals surface area contributed by atoms with Crippen LogP contribution in [0.25, 0.3) is 11.0 Å². The highest BCUT2D eigenvalue weighted by molar-refractivity contribution is 5.89. The Hall–Kier alpha value is -3.08. The number of carbonyl (C=O) groups excluding carboxylic acids is 2. The van der Waals surface area contributed by atoms with Gasteiger partial charge in [-0.2, -0.15) is 0 Å². The Balaban J connectivity index is 1.58. The van der Waals surface area contributed by atoms with Crippen LogP contribution in [0, 0.1) is 11.8 Å². The number of para-hydroxylation sites is 1. The van der Waals surface area contributed by atoms with Gasteiger partial charge in [0.2, 0.25) is 11.8 Å². The smallest absolute Gasteiger partial charge is 0.226 e. The molecule has 1 N–H and O–H groups in total. The second-order valence-corrected chi connectivity index (χ2v) is 8.13. The lowest BCUT2D eigenvalue weighted by Gasteiger charge is -2.21. The highest BCUT2D eigenvalue weighted by atomic mass is 16.3. The zero-order chi connectivity index (χ0) is 20.4. The molecule has 0 spiro atoms. The van der Waals surface area contributed by atoms with Crippen molar-refractivity contribution in [3.63, 3.8) is 0 Å². The molecule has 0 aliphatic carbocycles. The molecule has 150 valence electrons. The van der Waals surface area contributed by atoms with Gasteiger partial charge in [-0.1, -0.05) is 62.4 Å². The van der Waals surface area contributed by atoms with E-state index in [0.717, 1.165) is 16.5 Å². The topological polar surface area (TPSA) is 62.6 Å². The lowest BCUT2D eigenvalue weighted by molar-refractivity contribution is -0.129. The van der Waals surface area contributed by atoms with Gasteiger partial charge in [0, 0.05) is 24.9 Å². The number of nitrogens with zero attached hydrogens (tertiary/aromatic N) is 1. The molecule has 29 heavy (non-hydrogen) atoms. The molecule has 5 heteroatoms. The van der Waals surface area contributed by atoms with Crippen LogP contribution in [0.2, 0.25) is 0 Å². The Labute approximate surface area is 170 Å². The quantitative estimate of drug-likeness (QED) is 0.688.